The molecule has 6 heteroatoms. The Bertz CT molecular complexity index is 585. The van der Waals surface area contributed by atoms with E-state index in [-0.39, 0.29) is 12.6 Å². The van der Waals surface area contributed by atoms with E-state index in [1.807, 2.05) is 39.9 Å². The molecule has 1 aromatic rings. The number of nitrogens with zero attached hydrogens (tertiary/aromatic N) is 3. The van der Waals surface area contributed by atoms with Crippen LogP contribution in [-0.2, 0) is 0 Å². The van der Waals surface area contributed by atoms with Crippen molar-refractivity contribution in [2.75, 3.05) is 26.2 Å². The highest BCUT2D eigenvalue weighted by Crippen LogP contribution is 2.46. The van der Waals surface area contributed by atoms with Gasteiger partial charge in [-0.1, -0.05) is 39.7 Å². The Kier molecular flexibility index (Phi) is 4.73. The molecule has 2 aliphatic rings. The van der Waals surface area contributed by atoms with Crippen LogP contribution in [0, 0.1) is 11.3 Å². The molecule has 2 heterocycles. The second kappa shape index (κ2) is 6.47. The third-order valence-corrected chi connectivity index (χ3v) is 5.66. The second-order valence-corrected chi connectivity index (χ2v) is 7.40. The van der Waals surface area contributed by atoms with Crippen molar-refractivity contribution in [1.29, 1.82) is 5.26 Å². The fourth-order valence-corrected chi connectivity index (χ4v) is 4.69. The topological polar surface area (TPSA) is 70.7 Å². The normalized spacial score (nSPS) is 29.5. The zero-order valence-electron chi connectivity index (χ0n) is 13.2. The summed E-state index contributed by atoms with van der Waals surface area (Å²) in [5.74, 6) is 0. The lowest BCUT2D eigenvalue weighted by atomic mass is 9.69. The van der Waals surface area contributed by atoms with E-state index in [1.165, 1.54) is 0 Å². The number of nitriles is 1. The van der Waals surface area contributed by atoms with E-state index in [9.17, 15) is 15.5 Å². The summed E-state index contributed by atoms with van der Waals surface area (Å²) in [6, 6.07) is 12.0. The number of hydrogen-bond acceptors (Lipinski definition) is 5. The fraction of sp³-hybridized carbons (Fsp3) is 0.588. The lowest BCUT2D eigenvalue weighted by molar-refractivity contribution is -0.170. The van der Waals surface area contributed by atoms with Gasteiger partial charge in [0.25, 0.3) is 0 Å². The molecule has 23 heavy (non-hydrogen) atoms. The Hall–Kier alpha value is -1.02. The van der Waals surface area contributed by atoms with Crippen LogP contribution in [0.1, 0.15) is 30.9 Å². The molecule has 3 atom stereocenters. The minimum Gasteiger partial charge on any atom is -0.394 e. The molecule has 0 aliphatic carbocycles. The van der Waals surface area contributed by atoms with Gasteiger partial charge in [0.05, 0.1) is 18.7 Å². The highest BCUT2D eigenvalue weighted by atomic mass is 31.0. The Morgan fingerprint density at radius 3 is 2.52 bits per heavy atom. The number of piperidine rings is 1. The van der Waals surface area contributed by atoms with Crippen molar-refractivity contribution >= 4 is 9.39 Å². The SMILES string of the molecule is N#C[C@@]1(C2(O)CN(P)C2)CCCCN1[C@H](CO)c1ccccc1. The van der Waals surface area contributed by atoms with Gasteiger partial charge in [0.1, 0.15) is 11.1 Å². The molecule has 3 rings (SSSR count). The molecule has 2 saturated heterocycles. The lowest BCUT2D eigenvalue weighted by Gasteiger charge is -2.59. The zero-order chi connectivity index (χ0) is 16.5. The maximum Gasteiger partial charge on any atom is 0.141 e. The van der Waals surface area contributed by atoms with Gasteiger partial charge < -0.3 is 10.2 Å². The molecular weight excluding hydrogens is 309 g/mol. The molecule has 0 saturated carbocycles. The molecule has 0 radical (unpaired) electrons. The Morgan fingerprint density at radius 2 is 1.96 bits per heavy atom. The van der Waals surface area contributed by atoms with Crippen LogP contribution in [0.15, 0.2) is 30.3 Å². The van der Waals surface area contributed by atoms with Crippen LogP contribution in [-0.4, -0.2) is 57.2 Å². The predicted molar refractivity (Wildman–Crippen MR) is 91.4 cm³/mol. The van der Waals surface area contributed by atoms with Gasteiger partial charge in [-0.05, 0) is 24.8 Å². The van der Waals surface area contributed by atoms with Gasteiger partial charge in [0, 0.05) is 19.6 Å². The van der Waals surface area contributed by atoms with Crippen LogP contribution >= 0.6 is 9.39 Å². The van der Waals surface area contributed by atoms with Crippen molar-refractivity contribution in [2.45, 2.75) is 36.4 Å². The van der Waals surface area contributed by atoms with E-state index in [4.69, 9.17) is 0 Å². The maximum atomic E-state index is 11.1. The maximum absolute atomic E-state index is 11.1. The summed E-state index contributed by atoms with van der Waals surface area (Å²) in [6.07, 6.45) is 2.55. The van der Waals surface area contributed by atoms with Crippen molar-refractivity contribution in [1.82, 2.24) is 9.57 Å². The summed E-state index contributed by atoms with van der Waals surface area (Å²) in [7, 11) is 2.58. The minimum atomic E-state index is -1.05. The van der Waals surface area contributed by atoms with Gasteiger partial charge >= 0.3 is 0 Å². The quantitative estimate of drug-likeness (QED) is 0.813. The summed E-state index contributed by atoms with van der Waals surface area (Å²) in [5, 5.41) is 31.2. The number of aliphatic hydroxyl groups is 2. The van der Waals surface area contributed by atoms with E-state index in [2.05, 4.69) is 15.5 Å². The first-order valence-electron chi connectivity index (χ1n) is 8.12. The number of β-amino-alcohol motifs (C(OH)–C–C–N with tert-alkyl or cyclic N) is 1. The van der Waals surface area contributed by atoms with Gasteiger partial charge in [0.15, 0.2) is 0 Å². The molecule has 2 N–H and O–H groups in total. The first-order valence-corrected chi connectivity index (χ1v) is 8.64. The summed E-state index contributed by atoms with van der Waals surface area (Å²) in [6.45, 7) is 1.59. The molecule has 0 bridgehead atoms. The molecule has 0 spiro atoms. The standard InChI is InChI=1S/C17H24N3O2P/c18-11-16(17(22)12-19(23)13-17)8-4-5-9-20(16)15(10-21)14-6-2-1-3-7-14/h1-3,6-7,15,21-22H,4-5,8-10,12-13,23H2/t15-,16-/m1/s1. The van der Waals surface area contributed by atoms with Gasteiger partial charge in [-0.2, -0.15) is 5.26 Å². The average molecular weight is 333 g/mol. The van der Waals surface area contributed by atoms with Gasteiger partial charge in [0.2, 0.25) is 0 Å². The largest absolute Gasteiger partial charge is 0.394 e. The van der Waals surface area contributed by atoms with E-state index in [0.29, 0.717) is 26.1 Å². The monoisotopic (exact) mass is 333 g/mol. The number of rotatable bonds is 4. The summed E-state index contributed by atoms with van der Waals surface area (Å²) in [4.78, 5) is 2.05. The molecule has 0 amide bonds. The first kappa shape index (κ1) is 16.8. The van der Waals surface area contributed by atoms with Crippen LogP contribution in [0.3, 0.4) is 0 Å². The van der Waals surface area contributed by atoms with Crippen LogP contribution in [0.25, 0.3) is 0 Å². The van der Waals surface area contributed by atoms with Gasteiger partial charge in [-0.25, -0.2) is 0 Å². The molecule has 1 aromatic carbocycles. The van der Waals surface area contributed by atoms with Crippen LogP contribution in [0.2, 0.25) is 0 Å². The summed E-state index contributed by atoms with van der Waals surface area (Å²) in [5.41, 5.74) is -1.00. The van der Waals surface area contributed by atoms with Crippen molar-refractivity contribution < 1.29 is 10.2 Å². The molecular formula is C17H24N3O2P. The third kappa shape index (κ3) is 2.69. The van der Waals surface area contributed by atoms with E-state index >= 15 is 0 Å². The Balaban J connectivity index is 1.99. The average Bonchev–Trinajstić information content (AvgIpc) is 2.55. The Labute approximate surface area is 139 Å². The first-order chi connectivity index (χ1) is 11.1. The van der Waals surface area contributed by atoms with Crippen molar-refractivity contribution in [3.63, 3.8) is 0 Å². The molecule has 2 fully saturated rings. The van der Waals surface area contributed by atoms with Crippen molar-refractivity contribution in [3.05, 3.63) is 35.9 Å². The van der Waals surface area contributed by atoms with E-state index < -0.39 is 11.1 Å². The summed E-state index contributed by atoms with van der Waals surface area (Å²) < 4.78 is 1.95. The van der Waals surface area contributed by atoms with E-state index in [1.54, 1.807) is 0 Å². The number of hydrogen-bond donors (Lipinski definition) is 2. The second-order valence-electron chi connectivity index (χ2n) is 6.67. The number of likely N-dealkylation sites (tertiary alicyclic amines) is 1. The van der Waals surface area contributed by atoms with Crippen LogP contribution in [0.4, 0.5) is 0 Å². The highest BCUT2D eigenvalue weighted by molar-refractivity contribution is 7.13. The molecule has 2 aliphatic heterocycles. The Morgan fingerprint density at radius 1 is 1.26 bits per heavy atom. The minimum absolute atomic E-state index is 0.0614. The third-order valence-electron chi connectivity index (χ3n) is 5.30. The predicted octanol–water partition coefficient (Wildman–Crippen LogP) is 1.31. The molecule has 124 valence electrons. The van der Waals surface area contributed by atoms with Gasteiger partial charge in [-0.3, -0.25) is 9.57 Å². The lowest BCUT2D eigenvalue weighted by Crippen LogP contribution is -2.76. The highest BCUT2D eigenvalue weighted by Gasteiger charge is 2.61. The number of aliphatic hydroxyl groups excluding tert-OH is 1. The smallest absolute Gasteiger partial charge is 0.141 e. The summed E-state index contributed by atoms with van der Waals surface area (Å²) >= 11 is 0. The molecule has 0 aromatic heterocycles. The van der Waals surface area contributed by atoms with E-state index in [0.717, 1.165) is 18.4 Å². The van der Waals surface area contributed by atoms with Crippen molar-refractivity contribution in [3.8, 4) is 6.07 Å². The fourth-order valence-electron chi connectivity index (χ4n) is 4.09. The van der Waals surface area contributed by atoms with Crippen LogP contribution < -0.4 is 0 Å². The molecule has 5 nitrogen and oxygen atoms in total. The molecule has 1 unspecified atom stereocenters. The van der Waals surface area contributed by atoms with Crippen LogP contribution in [0.5, 0.6) is 0 Å². The van der Waals surface area contributed by atoms with Crippen molar-refractivity contribution in [2.24, 2.45) is 0 Å². The zero-order valence-corrected chi connectivity index (χ0v) is 14.4. The van der Waals surface area contributed by atoms with Gasteiger partial charge in [-0.15, -0.1) is 0 Å². The number of benzene rings is 1.